The van der Waals surface area contributed by atoms with Crippen LogP contribution in [0.1, 0.15) is 0 Å². The monoisotopic (exact) mass is 314 g/mol. The Morgan fingerprint density at radius 3 is 2.75 bits per heavy atom. The van der Waals surface area contributed by atoms with Crippen LogP contribution in [0.4, 0.5) is 11.4 Å². The highest BCUT2D eigenvalue weighted by Crippen LogP contribution is 2.31. The number of benzene rings is 1. The van der Waals surface area contributed by atoms with E-state index < -0.39 is 20.4 Å². The molecule has 6 nitrogen and oxygen atoms in total. The maximum absolute atomic E-state index is 11.6. The van der Waals surface area contributed by atoms with Gasteiger partial charge < -0.3 is 5.32 Å². The summed E-state index contributed by atoms with van der Waals surface area (Å²) in [4.78, 5) is 10.1. The van der Waals surface area contributed by atoms with Crippen LogP contribution in [0.5, 0.6) is 0 Å². The van der Waals surface area contributed by atoms with Crippen LogP contribution < -0.4 is 5.32 Å². The van der Waals surface area contributed by atoms with Crippen LogP contribution in [0.15, 0.2) is 23.1 Å². The standard InChI is InChI=1S/C12H14N2O4S2/c1-3-8-19-9-7-13-10-5-4-6-11(20(2,17)18)12(10)14(15)16/h1,4-6,13H,7-9H2,2H3. The molecule has 108 valence electrons. The van der Waals surface area contributed by atoms with Gasteiger partial charge in [-0.2, -0.15) is 0 Å². The van der Waals surface area contributed by atoms with Gasteiger partial charge in [0.1, 0.15) is 10.6 Å². The molecule has 0 saturated carbocycles. The third-order valence-corrected chi connectivity index (χ3v) is 4.32. The molecule has 0 fully saturated rings. The number of nitro groups is 1. The van der Waals surface area contributed by atoms with E-state index in [0.29, 0.717) is 18.1 Å². The first-order valence-corrected chi connectivity index (χ1v) is 8.65. The lowest BCUT2D eigenvalue weighted by atomic mass is 10.2. The van der Waals surface area contributed by atoms with E-state index in [0.717, 1.165) is 6.26 Å². The van der Waals surface area contributed by atoms with Gasteiger partial charge in [-0.15, -0.1) is 18.2 Å². The lowest BCUT2D eigenvalue weighted by Gasteiger charge is -2.08. The maximum Gasteiger partial charge on any atom is 0.310 e. The summed E-state index contributed by atoms with van der Waals surface area (Å²) in [5, 5.41) is 14.0. The van der Waals surface area contributed by atoms with E-state index in [4.69, 9.17) is 6.42 Å². The van der Waals surface area contributed by atoms with Crippen molar-refractivity contribution >= 4 is 33.0 Å². The van der Waals surface area contributed by atoms with Crippen molar-refractivity contribution in [1.82, 2.24) is 0 Å². The SMILES string of the molecule is C#CCSCCNc1cccc(S(C)(=O)=O)c1[N+](=O)[O-]. The molecule has 0 heterocycles. The smallest absolute Gasteiger partial charge is 0.310 e. The molecule has 0 aliphatic carbocycles. The van der Waals surface area contributed by atoms with Crippen LogP contribution in [0.25, 0.3) is 0 Å². The number of nitrogens with one attached hydrogen (secondary N) is 1. The molecule has 0 radical (unpaired) electrons. The predicted octanol–water partition coefficient (Wildman–Crippen LogP) is 1.78. The van der Waals surface area contributed by atoms with Crippen LogP contribution >= 0.6 is 11.8 Å². The third kappa shape index (κ3) is 4.43. The number of nitrogens with zero attached hydrogens (tertiary/aromatic N) is 1. The molecule has 20 heavy (non-hydrogen) atoms. The number of nitro benzene ring substituents is 1. The fourth-order valence-corrected chi connectivity index (χ4v) is 2.91. The number of thioether (sulfide) groups is 1. The first-order chi connectivity index (χ1) is 9.38. The molecule has 0 aromatic heterocycles. The number of terminal acetylenes is 1. The second kappa shape index (κ2) is 7.17. The normalized spacial score (nSPS) is 10.8. The van der Waals surface area contributed by atoms with Crippen molar-refractivity contribution in [3.63, 3.8) is 0 Å². The Hall–Kier alpha value is -1.72. The van der Waals surface area contributed by atoms with Gasteiger partial charge in [0.25, 0.3) is 0 Å². The van der Waals surface area contributed by atoms with Gasteiger partial charge in [-0.25, -0.2) is 8.42 Å². The summed E-state index contributed by atoms with van der Waals surface area (Å²) in [6.07, 6.45) is 6.05. The molecule has 0 bridgehead atoms. The zero-order valence-corrected chi connectivity index (χ0v) is 12.5. The van der Waals surface area contributed by atoms with E-state index in [1.54, 1.807) is 0 Å². The van der Waals surface area contributed by atoms with E-state index in [-0.39, 0.29) is 10.6 Å². The number of anilines is 1. The summed E-state index contributed by atoms with van der Waals surface area (Å²) in [7, 11) is -3.65. The van der Waals surface area contributed by atoms with Gasteiger partial charge in [0.15, 0.2) is 9.84 Å². The summed E-state index contributed by atoms with van der Waals surface area (Å²) >= 11 is 1.51. The topological polar surface area (TPSA) is 89.3 Å². The van der Waals surface area contributed by atoms with Crippen LogP contribution in [-0.4, -0.2) is 37.6 Å². The van der Waals surface area contributed by atoms with Crippen molar-refractivity contribution in [2.75, 3.05) is 29.6 Å². The Kier molecular flexibility index (Phi) is 5.85. The van der Waals surface area contributed by atoms with E-state index in [1.807, 2.05) is 0 Å². The molecule has 0 saturated heterocycles. The van der Waals surface area contributed by atoms with Gasteiger partial charge in [-0.3, -0.25) is 10.1 Å². The molecule has 1 aromatic rings. The third-order valence-electron chi connectivity index (χ3n) is 2.33. The Morgan fingerprint density at radius 1 is 1.50 bits per heavy atom. The molecular formula is C12H14N2O4S2. The summed E-state index contributed by atoms with van der Waals surface area (Å²) in [6.45, 7) is 0.459. The highest BCUT2D eigenvalue weighted by molar-refractivity contribution is 7.99. The van der Waals surface area contributed by atoms with Crippen molar-refractivity contribution in [2.45, 2.75) is 4.90 Å². The van der Waals surface area contributed by atoms with Gasteiger partial charge in [0.05, 0.1) is 10.7 Å². The Morgan fingerprint density at radius 2 is 2.20 bits per heavy atom. The van der Waals surface area contributed by atoms with Crippen molar-refractivity contribution in [1.29, 1.82) is 0 Å². The first-order valence-electron chi connectivity index (χ1n) is 5.60. The minimum atomic E-state index is -3.65. The molecule has 0 aliphatic rings. The molecule has 1 N–H and O–H groups in total. The van der Waals surface area contributed by atoms with Crippen molar-refractivity contribution < 1.29 is 13.3 Å². The minimum Gasteiger partial charge on any atom is -0.379 e. The zero-order chi connectivity index (χ0) is 15.2. The second-order valence-electron chi connectivity index (χ2n) is 3.87. The maximum atomic E-state index is 11.6. The van der Waals surface area contributed by atoms with Crippen LogP contribution in [-0.2, 0) is 9.84 Å². The molecular weight excluding hydrogens is 300 g/mol. The number of sulfone groups is 1. The van der Waals surface area contributed by atoms with Crippen molar-refractivity contribution in [3.8, 4) is 12.3 Å². The quantitative estimate of drug-likeness (QED) is 0.357. The van der Waals surface area contributed by atoms with E-state index >= 15 is 0 Å². The van der Waals surface area contributed by atoms with Gasteiger partial charge in [0, 0.05) is 18.6 Å². The summed E-state index contributed by atoms with van der Waals surface area (Å²) in [6, 6.07) is 4.19. The van der Waals surface area contributed by atoms with Crippen molar-refractivity contribution in [3.05, 3.63) is 28.3 Å². The van der Waals surface area contributed by atoms with Crippen LogP contribution in [0.3, 0.4) is 0 Å². The van der Waals surface area contributed by atoms with Gasteiger partial charge in [0.2, 0.25) is 0 Å². The molecule has 0 aliphatic heterocycles. The Bertz CT molecular complexity index is 635. The highest BCUT2D eigenvalue weighted by Gasteiger charge is 2.25. The average molecular weight is 314 g/mol. The number of rotatable bonds is 7. The lowest BCUT2D eigenvalue weighted by Crippen LogP contribution is -2.09. The summed E-state index contributed by atoms with van der Waals surface area (Å²) in [5.74, 6) is 3.71. The van der Waals surface area contributed by atoms with Gasteiger partial charge in [-0.05, 0) is 12.1 Å². The summed E-state index contributed by atoms with van der Waals surface area (Å²) < 4.78 is 23.1. The fraction of sp³-hybridized carbons (Fsp3) is 0.333. The zero-order valence-electron chi connectivity index (χ0n) is 10.8. The minimum absolute atomic E-state index is 0.194. The molecule has 0 spiro atoms. The molecule has 1 rings (SSSR count). The van der Waals surface area contributed by atoms with Gasteiger partial charge >= 0.3 is 5.69 Å². The Balaban J connectivity index is 2.97. The summed E-state index contributed by atoms with van der Waals surface area (Å²) in [5.41, 5.74) is -0.226. The molecule has 0 amide bonds. The largest absolute Gasteiger partial charge is 0.379 e. The average Bonchev–Trinajstić information content (AvgIpc) is 2.37. The lowest BCUT2D eigenvalue weighted by molar-refractivity contribution is -0.386. The molecule has 1 aromatic carbocycles. The predicted molar refractivity (Wildman–Crippen MR) is 80.9 cm³/mol. The number of hydrogen-bond acceptors (Lipinski definition) is 6. The van der Waals surface area contributed by atoms with E-state index in [1.165, 1.54) is 30.0 Å². The van der Waals surface area contributed by atoms with Crippen LogP contribution in [0, 0.1) is 22.5 Å². The van der Waals surface area contributed by atoms with E-state index in [9.17, 15) is 18.5 Å². The number of hydrogen-bond donors (Lipinski definition) is 1. The Labute approximate surface area is 122 Å². The highest BCUT2D eigenvalue weighted by atomic mass is 32.2. The molecule has 0 unspecified atom stereocenters. The van der Waals surface area contributed by atoms with Crippen molar-refractivity contribution in [2.24, 2.45) is 0 Å². The molecule has 8 heteroatoms. The van der Waals surface area contributed by atoms with Crippen LogP contribution in [0.2, 0.25) is 0 Å². The second-order valence-corrected chi connectivity index (χ2v) is 6.95. The molecule has 0 atom stereocenters. The van der Waals surface area contributed by atoms with E-state index in [2.05, 4.69) is 11.2 Å². The first kappa shape index (κ1) is 16.3. The fourth-order valence-electron chi connectivity index (χ4n) is 1.54. The van der Waals surface area contributed by atoms with Gasteiger partial charge in [-0.1, -0.05) is 12.0 Å². The number of para-hydroxylation sites is 1.